The molecular weight excluding hydrogens is 236 g/mol. The highest BCUT2D eigenvalue weighted by Crippen LogP contribution is 2.20. The fraction of sp³-hybridized carbons (Fsp3) is 0.250. The van der Waals surface area contributed by atoms with Gasteiger partial charge in [-0.3, -0.25) is 0 Å². The molecule has 19 heavy (non-hydrogen) atoms. The molecular formula is C16H20N2O. The molecule has 2 aromatic rings. The summed E-state index contributed by atoms with van der Waals surface area (Å²) < 4.78 is 0. The molecule has 2 heterocycles. The Morgan fingerprint density at radius 1 is 0.632 bits per heavy atom. The van der Waals surface area contributed by atoms with Crippen molar-refractivity contribution in [1.82, 2.24) is 0 Å². The normalized spacial score (nSPS) is 13.9. The van der Waals surface area contributed by atoms with Crippen molar-refractivity contribution in [3.8, 4) is 0 Å². The van der Waals surface area contributed by atoms with E-state index in [0.717, 1.165) is 13.1 Å². The zero-order valence-electron chi connectivity index (χ0n) is 10.9. The van der Waals surface area contributed by atoms with Crippen LogP contribution >= 0.6 is 0 Å². The van der Waals surface area contributed by atoms with Crippen molar-refractivity contribution >= 4 is 11.4 Å². The molecule has 2 aliphatic rings. The third-order valence-corrected chi connectivity index (χ3v) is 3.45. The lowest BCUT2D eigenvalue weighted by Crippen LogP contribution is -1.90. The third-order valence-electron chi connectivity index (χ3n) is 3.45. The average Bonchev–Trinajstić information content (AvgIpc) is 3.08. The molecule has 0 fully saturated rings. The molecule has 2 aliphatic heterocycles. The lowest BCUT2D eigenvalue weighted by molar-refractivity contribution is 0.824. The van der Waals surface area contributed by atoms with Crippen molar-refractivity contribution in [2.45, 2.75) is 12.8 Å². The maximum absolute atomic E-state index is 3.30. The summed E-state index contributed by atoms with van der Waals surface area (Å²) in [7, 11) is 0. The second-order valence-corrected chi connectivity index (χ2v) is 4.67. The maximum atomic E-state index is 3.30. The average molecular weight is 256 g/mol. The summed E-state index contributed by atoms with van der Waals surface area (Å²) in [5.41, 5.74) is 5.55. The molecule has 0 radical (unpaired) electrons. The van der Waals surface area contributed by atoms with E-state index < -0.39 is 0 Å². The van der Waals surface area contributed by atoms with Crippen molar-refractivity contribution in [3.63, 3.8) is 0 Å². The topological polar surface area (TPSA) is 55.6 Å². The predicted molar refractivity (Wildman–Crippen MR) is 80.9 cm³/mol. The minimum absolute atomic E-state index is 0. The first kappa shape index (κ1) is 13.4. The van der Waals surface area contributed by atoms with Crippen molar-refractivity contribution < 1.29 is 5.48 Å². The van der Waals surface area contributed by atoms with Crippen LogP contribution in [0, 0.1) is 0 Å². The number of rotatable bonds is 0. The van der Waals surface area contributed by atoms with Crippen LogP contribution in [-0.2, 0) is 12.8 Å². The van der Waals surface area contributed by atoms with Crippen LogP contribution in [0.4, 0.5) is 11.4 Å². The molecule has 2 aromatic carbocycles. The molecule has 4 N–H and O–H groups in total. The van der Waals surface area contributed by atoms with Gasteiger partial charge in [-0.1, -0.05) is 36.4 Å². The van der Waals surface area contributed by atoms with E-state index in [0.29, 0.717) is 0 Å². The van der Waals surface area contributed by atoms with Crippen LogP contribution in [0.3, 0.4) is 0 Å². The quantitative estimate of drug-likeness (QED) is 0.761. The summed E-state index contributed by atoms with van der Waals surface area (Å²) in [6, 6.07) is 16.9. The number of hydrogen-bond donors (Lipinski definition) is 2. The number of hydrogen-bond acceptors (Lipinski definition) is 2. The van der Waals surface area contributed by atoms with Gasteiger partial charge in [0.25, 0.3) is 0 Å². The lowest BCUT2D eigenvalue weighted by atomic mass is 10.2. The fourth-order valence-corrected chi connectivity index (χ4v) is 2.49. The SMILES string of the molecule is O.c1ccc2c(c1)CCN2.c1ccc2c(c1)CCN2. The van der Waals surface area contributed by atoms with Crippen molar-refractivity contribution in [1.29, 1.82) is 0 Å². The molecule has 3 heteroatoms. The summed E-state index contributed by atoms with van der Waals surface area (Å²) in [6.07, 6.45) is 2.38. The number of fused-ring (bicyclic) bond motifs is 2. The monoisotopic (exact) mass is 256 g/mol. The van der Waals surface area contributed by atoms with Gasteiger partial charge in [-0.25, -0.2) is 0 Å². The van der Waals surface area contributed by atoms with Gasteiger partial charge in [-0.05, 0) is 36.1 Å². The molecule has 100 valence electrons. The first-order valence-corrected chi connectivity index (χ1v) is 6.57. The van der Waals surface area contributed by atoms with Gasteiger partial charge in [-0.2, -0.15) is 0 Å². The molecule has 0 atom stereocenters. The highest BCUT2D eigenvalue weighted by atomic mass is 16.0. The number of benzene rings is 2. The van der Waals surface area contributed by atoms with E-state index in [1.807, 2.05) is 0 Å². The fourth-order valence-electron chi connectivity index (χ4n) is 2.49. The Hall–Kier alpha value is -2.00. The van der Waals surface area contributed by atoms with Gasteiger partial charge in [0.2, 0.25) is 0 Å². The Balaban J connectivity index is 0.000000133. The molecule has 0 aromatic heterocycles. The molecule has 3 nitrogen and oxygen atoms in total. The summed E-state index contributed by atoms with van der Waals surface area (Å²) in [4.78, 5) is 0. The van der Waals surface area contributed by atoms with E-state index in [9.17, 15) is 0 Å². The Labute approximate surface area is 114 Å². The van der Waals surface area contributed by atoms with E-state index in [-0.39, 0.29) is 5.48 Å². The molecule has 0 saturated carbocycles. The highest BCUT2D eigenvalue weighted by Gasteiger charge is 2.06. The van der Waals surface area contributed by atoms with Gasteiger partial charge < -0.3 is 16.1 Å². The molecule has 0 aliphatic carbocycles. The first-order valence-electron chi connectivity index (χ1n) is 6.57. The van der Waals surface area contributed by atoms with Crippen LogP contribution in [0.1, 0.15) is 11.1 Å². The van der Waals surface area contributed by atoms with Crippen LogP contribution in [0.15, 0.2) is 48.5 Å². The van der Waals surface area contributed by atoms with Crippen LogP contribution < -0.4 is 10.6 Å². The van der Waals surface area contributed by atoms with Gasteiger partial charge in [0.1, 0.15) is 0 Å². The Bertz CT molecular complexity index is 444. The highest BCUT2D eigenvalue weighted by molar-refractivity contribution is 5.55. The van der Waals surface area contributed by atoms with Gasteiger partial charge in [0.15, 0.2) is 0 Å². The molecule has 0 saturated heterocycles. The Kier molecular flexibility index (Phi) is 4.42. The third kappa shape index (κ3) is 3.06. The molecule has 0 amide bonds. The van der Waals surface area contributed by atoms with Crippen LogP contribution in [0.5, 0.6) is 0 Å². The van der Waals surface area contributed by atoms with Gasteiger partial charge >= 0.3 is 0 Å². The standard InChI is InChI=1S/2C8H9N.H2O/c2*1-2-4-8-7(3-1)5-6-9-8;/h2*1-4,9H,5-6H2;1H2. The van der Waals surface area contributed by atoms with Gasteiger partial charge in [0.05, 0.1) is 0 Å². The number of para-hydroxylation sites is 2. The summed E-state index contributed by atoms with van der Waals surface area (Å²) in [6.45, 7) is 2.22. The number of anilines is 2. The zero-order chi connectivity index (χ0) is 12.2. The molecule has 0 unspecified atom stereocenters. The second kappa shape index (κ2) is 6.25. The molecule has 4 rings (SSSR count). The second-order valence-electron chi connectivity index (χ2n) is 4.67. The molecule has 0 bridgehead atoms. The predicted octanol–water partition coefficient (Wildman–Crippen LogP) is 2.48. The van der Waals surface area contributed by atoms with E-state index in [1.54, 1.807) is 0 Å². The van der Waals surface area contributed by atoms with Crippen molar-refractivity contribution in [2.24, 2.45) is 0 Å². The Morgan fingerprint density at radius 3 is 1.47 bits per heavy atom. The molecule has 0 spiro atoms. The van der Waals surface area contributed by atoms with Crippen molar-refractivity contribution in [2.75, 3.05) is 23.7 Å². The largest absolute Gasteiger partial charge is 0.412 e. The maximum Gasteiger partial charge on any atom is 0.0373 e. The first-order chi connectivity index (χ1) is 8.93. The zero-order valence-corrected chi connectivity index (χ0v) is 10.9. The Morgan fingerprint density at radius 2 is 1.05 bits per heavy atom. The van der Waals surface area contributed by atoms with Crippen molar-refractivity contribution in [3.05, 3.63) is 59.7 Å². The summed E-state index contributed by atoms with van der Waals surface area (Å²) >= 11 is 0. The van der Waals surface area contributed by atoms with Crippen LogP contribution in [-0.4, -0.2) is 18.6 Å². The van der Waals surface area contributed by atoms with Gasteiger partial charge in [-0.15, -0.1) is 0 Å². The van der Waals surface area contributed by atoms with E-state index in [1.165, 1.54) is 35.3 Å². The number of nitrogens with one attached hydrogen (secondary N) is 2. The van der Waals surface area contributed by atoms with E-state index >= 15 is 0 Å². The minimum Gasteiger partial charge on any atom is -0.412 e. The smallest absolute Gasteiger partial charge is 0.0373 e. The van der Waals surface area contributed by atoms with Crippen LogP contribution in [0.25, 0.3) is 0 Å². The minimum atomic E-state index is 0. The van der Waals surface area contributed by atoms with Crippen LogP contribution in [0.2, 0.25) is 0 Å². The van der Waals surface area contributed by atoms with E-state index in [4.69, 9.17) is 0 Å². The lowest BCUT2D eigenvalue weighted by Gasteiger charge is -1.94. The van der Waals surface area contributed by atoms with E-state index in [2.05, 4.69) is 59.2 Å². The summed E-state index contributed by atoms with van der Waals surface area (Å²) in [5, 5.41) is 6.60. The van der Waals surface area contributed by atoms with Gasteiger partial charge in [0, 0.05) is 24.5 Å². The summed E-state index contributed by atoms with van der Waals surface area (Å²) in [5.74, 6) is 0.